The van der Waals surface area contributed by atoms with Crippen LogP contribution in [0, 0.1) is 18.3 Å². The predicted octanol–water partition coefficient (Wildman–Crippen LogP) is 7.65. The average Bonchev–Trinajstić information content (AvgIpc) is 3.25. The summed E-state index contributed by atoms with van der Waals surface area (Å²) in [5.41, 5.74) is 3.80. The maximum absolute atomic E-state index is 14.1. The van der Waals surface area contributed by atoms with Crippen LogP contribution in [0.4, 0.5) is 0 Å². The van der Waals surface area contributed by atoms with E-state index in [0.29, 0.717) is 22.4 Å². The van der Waals surface area contributed by atoms with Crippen molar-refractivity contribution in [2.45, 2.75) is 52.1 Å². The molecule has 1 aliphatic carbocycles. The summed E-state index contributed by atoms with van der Waals surface area (Å²) in [6.07, 6.45) is 2.96. The molecule has 5 nitrogen and oxygen atoms in total. The van der Waals surface area contributed by atoms with E-state index in [9.17, 15) is 9.59 Å². The van der Waals surface area contributed by atoms with Gasteiger partial charge in [0.2, 0.25) is 0 Å². The molecule has 0 amide bonds. The number of ketones is 1. The summed E-state index contributed by atoms with van der Waals surface area (Å²) in [5.74, 6) is 1.38. The lowest BCUT2D eigenvalue weighted by Gasteiger charge is -2.33. The zero-order valence-electron chi connectivity index (χ0n) is 22.3. The molecule has 0 aliphatic heterocycles. The topological polar surface area (TPSA) is 61.2 Å². The van der Waals surface area contributed by atoms with Gasteiger partial charge in [0.15, 0.2) is 10.9 Å². The first-order valence-corrected chi connectivity index (χ1v) is 15.3. The molecule has 2 aromatic carbocycles. The Balaban J connectivity index is 1.56. The number of benzene rings is 2. The maximum atomic E-state index is 14.1. The standard InChI is InChI=1S/C30H31BrN2O3S2/c1-17-6-10-20(11-7-17)33-28(35)26-21-12-9-19(30(2,3)4)15-25(21)38-27(26)32-29(33)37-16-23(34)18-8-13-24(36-5)22(31)14-18/h6-8,10-11,13-14,19H,9,12,15-16H2,1-5H3. The molecular weight excluding hydrogens is 580 g/mol. The van der Waals surface area contributed by atoms with Gasteiger partial charge in [-0.2, -0.15) is 0 Å². The highest BCUT2D eigenvalue weighted by atomic mass is 79.9. The zero-order valence-corrected chi connectivity index (χ0v) is 25.5. The molecule has 38 heavy (non-hydrogen) atoms. The normalized spacial score (nSPS) is 15.5. The molecule has 0 saturated heterocycles. The minimum Gasteiger partial charge on any atom is -0.496 e. The number of hydrogen-bond acceptors (Lipinski definition) is 6. The molecule has 1 atom stereocenters. The number of rotatable bonds is 6. The smallest absolute Gasteiger partial charge is 0.267 e. The maximum Gasteiger partial charge on any atom is 0.267 e. The number of ether oxygens (including phenoxy) is 1. The van der Waals surface area contributed by atoms with Crippen LogP contribution in [0.1, 0.15) is 53.6 Å². The second kappa shape index (κ2) is 10.6. The van der Waals surface area contributed by atoms with Crippen LogP contribution >= 0.6 is 39.0 Å². The molecule has 8 heteroatoms. The van der Waals surface area contributed by atoms with Gasteiger partial charge in [-0.05, 0) is 89.3 Å². The third-order valence-electron chi connectivity index (χ3n) is 7.38. The van der Waals surface area contributed by atoms with Crippen molar-refractivity contribution < 1.29 is 9.53 Å². The van der Waals surface area contributed by atoms with Crippen LogP contribution in [0.15, 0.2) is 56.9 Å². The first-order valence-electron chi connectivity index (χ1n) is 12.7. The van der Waals surface area contributed by atoms with Crippen LogP contribution < -0.4 is 10.3 Å². The lowest BCUT2D eigenvalue weighted by Crippen LogP contribution is -2.27. The molecule has 2 heterocycles. The van der Waals surface area contributed by atoms with Gasteiger partial charge in [0.1, 0.15) is 10.6 Å². The summed E-state index contributed by atoms with van der Waals surface area (Å²) in [7, 11) is 1.59. The predicted molar refractivity (Wildman–Crippen MR) is 161 cm³/mol. The van der Waals surface area contributed by atoms with Gasteiger partial charge in [-0.15, -0.1) is 11.3 Å². The molecular formula is C30H31BrN2O3S2. The van der Waals surface area contributed by atoms with Gasteiger partial charge in [-0.1, -0.05) is 50.2 Å². The summed E-state index contributed by atoms with van der Waals surface area (Å²) in [4.78, 5) is 34.3. The van der Waals surface area contributed by atoms with E-state index in [1.807, 2.05) is 31.2 Å². The van der Waals surface area contributed by atoms with Crippen molar-refractivity contribution in [1.29, 1.82) is 0 Å². The number of carbonyl (C=O) groups excluding carboxylic acids is 1. The average molecular weight is 612 g/mol. The van der Waals surface area contributed by atoms with Crippen LogP contribution in [-0.2, 0) is 12.8 Å². The Bertz CT molecular complexity index is 1580. The highest BCUT2D eigenvalue weighted by molar-refractivity contribution is 9.10. The van der Waals surface area contributed by atoms with E-state index >= 15 is 0 Å². The number of fused-ring (bicyclic) bond motifs is 3. The number of nitrogens with zero attached hydrogens (tertiary/aromatic N) is 2. The molecule has 4 aromatic rings. The molecule has 1 aliphatic rings. The number of hydrogen-bond donors (Lipinski definition) is 0. The number of aryl methyl sites for hydroxylation is 2. The highest BCUT2D eigenvalue weighted by Gasteiger charge is 2.32. The fraction of sp³-hybridized carbons (Fsp3) is 0.367. The summed E-state index contributed by atoms with van der Waals surface area (Å²) in [6.45, 7) is 8.92. The van der Waals surface area contributed by atoms with Crippen LogP contribution in [0.5, 0.6) is 5.75 Å². The van der Waals surface area contributed by atoms with Gasteiger partial charge >= 0.3 is 0 Å². The Morgan fingerprint density at radius 1 is 1.21 bits per heavy atom. The molecule has 198 valence electrons. The Kier molecular flexibility index (Phi) is 7.59. The molecule has 0 fully saturated rings. The number of aromatic nitrogens is 2. The second-order valence-electron chi connectivity index (χ2n) is 10.9. The lowest BCUT2D eigenvalue weighted by atomic mass is 9.72. The van der Waals surface area contributed by atoms with Crippen molar-refractivity contribution in [3.8, 4) is 11.4 Å². The largest absolute Gasteiger partial charge is 0.496 e. The number of thioether (sulfide) groups is 1. The van der Waals surface area contributed by atoms with E-state index in [0.717, 1.165) is 45.2 Å². The van der Waals surface area contributed by atoms with Crippen LogP contribution in [-0.4, -0.2) is 28.2 Å². The molecule has 0 spiro atoms. The first kappa shape index (κ1) is 27.2. The van der Waals surface area contributed by atoms with E-state index in [-0.39, 0.29) is 22.5 Å². The molecule has 2 aromatic heterocycles. The van der Waals surface area contributed by atoms with E-state index in [1.54, 1.807) is 41.2 Å². The monoisotopic (exact) mass is 610 g/mol. The molecule has 1 unspecified atom stereocenters. The van der Waals surface area contributed by atoms with Gasteiger partial charge in [0.05, 0.1) is 28.4 Å². The van der Waals surface area contributed by atoms with Crippen molar-refractivity contribution in [2.75, 3.05) is 12.9 Å². The van der Waals surface area contributed by atoms with E-state index in [1.165, 1.54) is 22.2 Å². The lowest BCUT2D eigenvalue weighted by molar-refractivity contribution is 0.102. The van der Waals surface area contributed by atoms with Crippen LogP contribution in [0.2, 0.25) is 0 Å². The van der Waals surface area contributed by atoms with Gasteiger partial charge in [-0.3, -0.25) is 14.2 Å². The number of halogens is 1. The van der Waals surface area contributed by atoms with Crippen molar-refractivity contribution in [3.63, 3.8) is 0 Å². The number of methoxy groups -OCH3 is 1. The van der Waals surface area contributed by atoms with Crippen molar-refractivity contribution in [3.05, 3.63) is 78.9 Å². The number of carbonyl (C=O) groups is 1. The van der Waals surface area contributed by atoms with Crippen LogP contribution in [0.3, 0.4) is 0 Å². The zero-order chi connectivity index (χ0) is 27.2. The third kappa shape index (κ3) is 5.23. The fourth-order valence-corrected chi connectivity index (χ4v) is 7.81. The van der Waals surface area contributed by atoms with Gasteiger partial charge in [0.25, 0.3) is 5.56 Å². The van der Waals surface area contributed by atoms with E-state index < -0.39 is 0 Å². The van der Waals surface area contributed by atoms with Crippen molar-refractivity contribution >= 4 is 55.0 Å². The van der Waals surface area contributed by atoms with Crippen molar-refractivity contribution in [1.82, 2.24) is 9.55 Å². The minimum atomic E-state index is -0.0484. The van der Waals surface area contributed by atoms with Gasteiger partial charge < -0.3 is 4.74 Å². The molecule has 0 N–H and O–H groups in total. The minimum absolute atomic E-state index is 0.0401. The molecule has 0 radical (unpaired) electrons. The third-order valence-corrected chi connectivity index (χ3v) is 10.1. The Morgan fingerprint density at radius 2 is 1.95 bits per heavy atom. The highest BCUT2D eigenvalue weighted by Crippen LogP contribution is 2.42. The Labute approximate surface area is 239 Å². The fourth-order valence-electron chi connectivity index (χ4n) is 5.02. The van der Waals surface area contributed by atoms with Crippen molar-refractivity contribution in [2.24, 2.45) is 11.3 Å². The SMILES string of the molecule is COc1ccc(C(=O)CSc2nc3sc4c(c3c(=O)n2-c2ccc(C)cc2)CCC(C(C)(C)C)C4)cc1Br. The summed E-state index contributed by atoms with van der Waals surface area (Å²) < 4.78 is 7.70. The summed E-state index contributed by atoms with van der Waals surface area (Å²) >= 11 is 6.42. The molecule has 5 rings (SSSR count). The summed E-state index contributed by atoms with van der Waals surface area (Å²) in [6, 6.07) is 13.2. The van der Waals surface area contributed by atoms with Crippen LogP contribution in [0.25, 0.3) is 15.9 Å². The Morgan fingerprint density at radius 3 is 2.61 bits per heavy atom. The van der Waals surface area contributed by atoms with Gasteiger partial charge in [-0.25, -0.2) is 4.98 Å². The molecule has 0 bridgehead atoms. The molecule has 0 saturated carbocycles. The quantitative estimate of drug-likeness (QED) is 0.127. The van der Waals surface area contributed by atoms with E-state index in [2.05, 4.69) is 36.7 Å². The number of thiophene rings is 1. The second-order valence-corrected chi connectivity index (χ2v) is 13.8. The summed E-state index contributed by atoms with van der Waals surface area (Å²) in [5, 5.41) is 1.28. The van der Waals surface area contributed by atoms with E-state index in [4.69, 9.17) is 9.72 Å². The first-order chi connectivity index (χ1) is 18.1. The number of Topliss-reactive ketones (excluding diaryl/α,β-unsaturated/α-hetero) is 1. The van der Waals surface area contributed by atoms with Gasteiger partial charge in [0, 0.05) is 10.4 Å². The Hall–Kier alpha value is -2.42.